The second-order valence-electron chi connectivity index (χ2n) is 3.67. The smallest absolute Gasteiger partial charge is 0.00154 e. The Morgan fingerprint density at radius 3 is 2.75 bits per heavy atom. The highest BCUT2D eigenvalue weighted by Crippen LogP contribution is 2.22. The maximum Gasteiger partial charge on any atom is 0.00154 e. The van der Waals surface area contributed by atoms with Crippen LogP contribution in [0.25, 0.3) is 0 Å². The van der Waals surface area contributed by atoms with Crippen molar-refractivity contribution in [3.05, 3.63) is 36.0 Å². The lowest BCUT2D eigenvalue weighted by atomic mass is 9.90. The fraction of sp³-hybridized carbons (Fsp3) is 0.500. The second-order valence-corrected chi connectivity index (χ2v) is 3.67. The second kappa shape index (κ2) is 4.30. The van der Waals surface area contributed by atoms with Crippen LogP contribution < -0.4 is 0 Å². The van der Waals surface area contributed by atoms with Gasteiger partial charge in [-0.3, -0.25) is 0 Å². The molecule has 0 aliphatic heterocycles. The lowest BCUT2D eigenvalue weighted by Crippen LogP contribution is -2.01. The zero-order valence-corrected chi connectivity index (χ0v) is 8.25. The first-order valence-corrected chi connectivity index (χ1v) is 4.80. The molecule has 0 saturated heterocycles. The van der Waals surface area contributed by atoms with Crippen molar-refractivity contribution in [1.29, 1.82) is 0 Å². The summed E-state index contributed by atoms with van der Waals surface area (Å²) < 4.78 is 0. The molecule has 0 spiro atoms. The first-order valence-electron chi connectivity index (χ1n) is 4.80. The van der Waals surface area contributed by atoms with Gasteiger partial charge in [0.15, 0.2) is 0 Å². The maximum atomic E-state index is 2.36. The molecule has 0 saturated carbocycles. The molecule has 1 aliphatic carbocycles. The molecule has 0 fully saturated rings. The fourth-order valence-electron chi connectivity index (χ4n) is 1.54. The third-order valence-electron chi connectivity index (χ3n) is 2.14. The molecule has 1 aliphatic rings. The van der Waals surface area contributed by atoms with Crippen molar-refractivity contribution < 1.29 is 0 Å². The van der Waals surface area contributed by atoms with Crippen LogP contribution in [0, 0.1) is 11.8 Å². The highest BCUT2D eigenvalue weighted by atomic mass is 14.1. The predicted molar refractivity (Wildman–Crippen MR) is 55.0 cm³/mol. The number of hydrogen-bond donors (Lipinski definition) is 0. The third kappa shape index (κ3) is 2.37. The average Bonchev–Trinajstić information content (AvgIpc) is 2.04. The summed E-state index contributed by atoms with van der Waals surface area (Å²) in [5, 5.41) is 0. The third-order valence-corrected chi connectivity index (χ3v) is 2.14. The summed E-state index contributed by atoms with van der Waals surface area (Å²) in [5.74, 6) is 1.31. The molecule has 0 N–H and O–H groups in total. The molecule has 0 aromatic heterocycles. The molecule has 66 valence electrons. The molecular weight excluding hydrogens is 144 g/mol. The maximum absolute atomic E-state index is 2.36. The monoisotopic (exact) mass is 162 g/mol. The van der Waals surface area contributed by atoms with Gasteiger partial charge in [-0.2, -0.15) is 0 Å². The van der Waals surface area contributed by atoms with Gasteiger partial charge in [0.05, 0.1) is 0 Å². The van der Waals surface area contributed by atoms with E-state index in [2.05, 4.69) is 51.2 Å². The zero-order valence-electron chi connectivity index (χ0n) is 8.25. The molecular formula is C12H18. The van der Waals surface area contributed by atoms with Crippen LogP contribution in [0.15, 0.2) is 36.0 Å². The normalized spacial score (nSPS) is 25.7. The van der Waals surface area contributed by atoms with Gasteiger partial charge in [-0.1, -0.05) is 51.2 Å². The summed E-state index contributed by atoms with van der Waals surface area (Å²) in [7, 11) is 0. The van der Waals surface area contributed by atoms with Gasteiger partial charge in [0, 0.05) is 5.92 Å². The highest BCUT2D eigenvalue weighted by Gasteiger charge is 2.08. The Morgan fingerprint density at radius 1 is 1.42 bits per heavy atom. The minimum absolute atomic E-state index is 0.650. The minimum Gasteiger partial charge on any atom is -0.0782 e. The van der Waals surface area contributed by atoms with Crippen LogP contribution in [0.3, 0.4) is 0 Å². The summed E-state index contributed by atoms with van der Waals surface area (Å²) >= 11 is 0. The standard InChI is InChI=1S/C12H18/c1-4-11-7-5-6-8-12(11)9-10(2)3/h5-11H,4H2,1-3H3/b12-9-. The SMILES string of the molecule is CCC1C=CC=C/C1=C/C(C)C. The van der Waals surface area contributed by atoms with Crippen molar-refractivity contribution in [2.45, 2.75) is 27.2 Å². The van der Waals surface area contributed by atoms with E-state index in [1.54, 1.807) is 0 Å². The van der Waals surface area contributed by atoms with Gasteiger partial charge >= 0.3 is 0 Å². The first kappa shape index (κ1) is 9.31. The van der Waals surface area contributed by atoms with E-state index in [1.165, 1.54) is 12.0 Å². The van der Waals surface area contributed by atoms with Crippen molar-refractivity contribution in [3.8, 4) is 0 Å². The molecule has 1 rings (SSSR count). The van der Waals surface area contributed by atoms with Gasteiger partial charge in [0.1, 0.15) is 0 Å². The van der Waals surface area contributed by atoms with Crippen molar-refractivity contribution >= 4 is 0 Å². The molecule has 0 heterocycles. The molecule has 0 heteroatoms. The minimum atomic E-state index is 0.650. The van der Waals surface area contributed by atoms with Gasteiger partial charge in [0.25, 0.3) is 0 Å². The number of hydrogen-bond acceptors (Lipinski definition) is 0. The van der Waals surface area contributed by atoms with Crippen LogP contribution in [0.2, 0.25) is 0 Å². The van der Waals surface area contributed by atoms with E-state index < -0.39 is 0 Å². The summed E-state index contributed by atoms with van der Waals surface area (Å²) in [6.07, 6.45) is 12.3. The molecule has 1 unspecified atom stereocenters. The van der Waals surface area contributed by atoms with E-state index in [-0.39, 0.29) is 0 Å². The number of allylic oxidation sites excluding steroid dienone is 6. The van der Waals surface area contributed by atoms with E-state index >= 15 is 0 Å². The summed E-state index contributed by atoms with van der Waals surface area (Å²) in [4.78, 5) is 0. The Kier molecular flexibility index (Phi) is 3.33. The van der Waals surface area contributed by atoms with Crippen LogP contribution in [0.5, 0.6) is 0 Å². The molecule has 1 atom stereocenters. The predicted octanol–water partition coefficient (Wildman–Crippen LogP) is 3.72. The Bertz CT molecular complexity index is 216. The van der Waals surface area contributed by atoms with Gasteiger partial charge in [-0.25, -0.2) is 0 Å². The van der Waals surface area contributed by atoms with Crippen molar-refractivity contribution in [3.63, 3.8) is 0 Å². The zero-order chi connectivity index (χ0) is 8.97. The van der Waals surface area contributed by atoms with E-state index in [4.69, 9.17) is 0 Å². The van der Waals surface area contributed by atoms with Gasteiger partial charge in [-0.15, -0.1) is 0 Å². The molecule has 0 radical (unpaired) electrons. The topological polar surface area (TPSA) is 0 Å². The van der Waals surface area contributed by atoms with Crippen molar-refractivity contribution in [2.75, 3.05) is 0 Å². The van der Waals surface area contributed by atoms with Gasteiger partial charge in [0.2, 0.25) is 0 Å². The Hall–Kier alpha value is -0.780. The molecule has 0 aromatic rings. The van der Waals surface area contributed by atoms with Crippen molar-refractivity contribution in [2.24, 2.45) is 11.8 Å². The molecule has 0 nitrogen and oxygen atoms in total. The van der Waals surface area contributed by atoms with E-state index in [1.807, 2.05) is 0 Å². The quantitative estimate of drug-likeness (QED) is 0.580. The lowest BCUT2D eigenvalue weighted by Gasteiger charge is -2.15. The first-order chi connectivity index (χ1) is 5.74. The summed E-state index contributed by atoms with van der Waals surface area (Å²) in [6, 6.07) is 0. The summed E-state index contributed by atoms with van der Waals surface area (Å²) in [6.45, 7) is 6.69. The largest absolute Gasteiger partial charge is 0.0782 e. The Labute approximate surface area is 75.7 Å². The fourth-order valence-corrected chi connectivity index (χ4v) is 1.54. The number of rotatable bonds is 2. The Balaban J connectivity index is 2.75. The van der Waals surface area contributed by atoms with Crippen LogP contribution in [-0.2, 0) is 0 Å². The summed E-state index contributed by atoms with van der Waals surface area (Å²) in [5.41, 5.74) is 1.48. The molecule has 0 amide bonds. The van der Waals surface area contributed by atoms with Crippen LogP contribution in [-0.4, -0.2) is 0 Å². The Morgan fingerprint density at radius 2 is 2.17 bits per heavy atom. The van der Waals surface area contributed by atoms with Crippen LogP contribution >= 0.6 is 0 Å². The lowest BCUT2D eigenvalue weighted by molar-refractivity contribution is 0.716. The van der Waals surface area contributed by atoms with Crippen molar-refractivity contribution in [1.82, 2.24) is 0 Å². The van der Waals surface area contributed by atoms with Gasteiger partial charge in [-0.05, 0) is 17.9 Å². The van der Waals surface area contributed by atoms with Gasteiger partial charge < -0.3 is 0 Å². The highest BCUT2D eigenvalue weighted by molar-refractivity contribution is 5.33. The van der Waals surface area contributed by atoms with Crippen LogP contribution in [0.4, 0.5) is 0 Å². The van der Waals surface area contributed by atoms with E-state index in [0.29, 0.717) is 11.8 Å². The van der Waals surface area contributed by atoms with E-state index in [0.717, 1.165) is 0 Å². The van der Waals surface area contributed by atoms with Crippen LogP contribution in [0.1, 0.15) is 27.2 Å². The molecule has 0 bridgehead atoms. The average molecular weight is 162 g/mol. The molecule has 12 heavy (non-hydrogen) atoms. The molecule has 0 aromatic carbocycles. The van der Waals surface area contributed by atoms with E-state index in [9.17, 15) is 0 Å².